The third kappa shape index (κ3) is 2.54. The fourth-order valence-corrected chi connectivity index (χ4v) is 4.14. The van der Waals surface area contributed by atoms with Crippen molar-refractivity contribution in [1.29, 1.82) is 0 Å². The van der Waals surface area contributed by atoms with Crippen molar-refractivity contribution in [2.75, 3.05) is 25.0 Å². The molecule has 7 heteroatoms. The molecule has 1 aromatic carbocycles. The Kier molecular flexibility index (Phi) is 3.98. The number of carbonyl (C=O) groups excluding carboxylic acids is 1. The number of amides is 1. The molecule has 1 aromatic rings. The first-order valence-corrected chi connectivity index (χ1v) is 8.20. The molecule has 0 bridgehead atoms. The maximum absolute atomic E-state index is 12.3. The standard InChI is InChI=1S/C12H15BrN2O3S/c1-8-7-15(12(16)6-14-2)10-4-3-9(13)5-11(10)19(8,17)18/h3-5,8,14H,6-7H2,1-2H3. The van der Waals surface area contributed by atoms with Crippen LogP contribution in [0.4, 0.5) is 5.69 Å². The quantitative estimate of drug-likeness (QED) is 0.873. The molecule has 2 rings (SSSR count). The third-order valence-electron chi connectivity index (χ3n) is 3.12. The van der Waals surface area contributed by atoms with Gasteiger partial charge in [-0.15, -0.1) is 0 Å². The summed E-state index contributed by atoms with van der Waals surface area (Å²) >= 11 is 3.27. The van der Waals surface area contributed by atoms with Gasteiger partial charge in [-0.1, -0.05) is 15.9 Å². The third-order valence-corrected chi connectivity index (χ3v) is 5.76. The van der Waals surface area contributed by atoms with E-state index < -0.39 is 15.1 Å². The number of likely N-dealkylation sites (N-methyl/N-ethyl adjacent to an activating group) is 1. The lowest BCUT2D eigenvalue weighted by Gasteiger charge is -2.33. The fraction of sp³-hybridized carbons (Fsp3) is 0.417. The minimum absolute atomic E-state index is 0.132. The van der Waals surface area contributed by atoms with Gasteiger partial charge >= 0.3 is 0 Å². The zero-order valence-corrected chi connectivity index (χ0v) is 13.1. The summed E-state index contributed by atoms with van der Waals surface area (Å²) in [5.41, 5.74) is 0.460. The molecule has 19 heavy (non-hydrogen) atoms. The predicted octanol–water partition coefficient (Wildman–Crippen LogP) is 1.18. The Morgan fingerprint density at radius 3 is 2.84 bits per heavy atom. The largest absolute Gasteiger partial charge is 0.311 e. The van der Waals surface area contributed by atoms with Crippen LogP contribution in [0.1, 0.15) is 6.92 Å². The molecule has 0 saturated carbocycles. The first-order chi connectivity index (χ1) is 8.87. The van der Waals surface area contributed by atoms with E-state index in [1.165, 1.54) is 4.90 Å². The average molecular weight is 347 g/mol. The highest BCUT2D eigenvalue weighted by atomic mass is 79.9. The second kappa shape index (κ2) is 5.22. The second-order valence-corrected chi connectivity index (χ2v) is 7.75. The maximum atomic E-state index is 12.3. The summed E-state index contributed by atoms with van der Waals surface area (Å²) < 4.78 is 25.3. The van der Waals surface area contributed by atoms with Gasteiger partial charge in [0.25, 0.3) is 0 Å². The van der Waals surface area contributed by atoms with Gasteiger partial charge in [0.2, 0.25) is 5.91 Å². The molecule has 0 saturated heterocycles. The van der Waals surface area contributed by atoms with Gasteiger partial charge < -0.3 is 10.2 Å². The van der Waals surface area contributed by atoms with E-state index in [-0.39, 0.29) is 23.9 Å². The highest BCUT2D eigenvalue weighted by Crippen LogP contribution is 2.35. The lowest BCUT2D eigenvalue weighted by molar-refractivity contribution is -0.117. The van der Waals surface area contributed by atoms with Gasteiger partial charge in [0.05, 0.1) is 22.4 Å². The van der Waals surface area contributed by atoms with Gasteiger partial charge in [-0.05, 0) is 32.2 Å². The first-order valence-electron chi connectivity index (χ1n) is 5.86. The summed E-state index contributed by atoms with van der Waals surface area (Å²) in [5, 5.41) is 2.19. The Morgan fingerprint density at radius 1 is 1.53 bits per heavy atom. The maximum Gasteiger partial charge on any atom is 0.241 e. The smallest absolute Gasteiger partial charge is 0.241 e. The lowest BCUT2D eigenvalue weighted by Crippen LogP contribution is -2.47. The molecule has 1 unspecified atom stereocenters. The molecule has 5 nitrogen and oxygen atoms in total. The van der Waals surface area contributed by atoms with Crippen LogP contribution in [0.3, 0.4) is 0 Å². The molecule has 1 aliphatic heterocycles. The number of rotatable bonds is 2. The van der Waals surface area contributed by atoms with Crippen molar-refractivity contribution in [1.82, 2.24) is 5.32 Å². The number of anilines is 1. The number of hydrogen-bond acceptors (Lipinski definition) is 4. The number of sulfone groups is 1. The van der Waals surface area contributed by atoms with Crippen molar-refractivity contribution in [2.45, 2.75) is 17.1 Å². The number of benzene rings is 1. The number of halogens is 1. The molecule has 0 radical (unpaired) electrons. The second-order valence-electron chi connectivity index (χ2n) is 4.50. The molecule has 0 aromatic heterocycles. The van der Waals surface area contributed by atoms with Crippen LogP contribution in [0.5, 0.6) is 0 Å². The van der Waals surface area contributed by atoms with Gasteiger partial charge in [-0.2, -0.15) is 0 Å². The predicted molar refractivity (Wildman–Crippen MR) is 77.1 cm³/mol. The van der Waals surface area contributed by atoms with Gasteiger partial charge in [0.1, 0.15) is 0 Å². The van der Waals surface area contributed by atoms with Gasteiger partial charge in [0.15, 0.2) is 9.84 Å². The van der Waals surface area contributed by atoms with Crippen molar-refractivity contribution >= 4 is 37.4 Å². The van der Waals surface area contributed by atoms with Crippen LogP contribution in [-0.2, 0) is 14.6 Å². The van der Waals surface area contributed by atoms with E-state index in [1.807, 2.05) is 0 Å². The molecule has 1 aliphatic rings. The monoisotopic (exact) mass is 346 g/mol. The van der Waals surface area contributed by atoms with Crippen LogP contribution in [-0.4, -0.2) is 39.7 Å². The summed E-state index contributed by atoms with van der Waals surface area (Å²) in [6, 6.07) is 4.96. The molecule has 104 valence electrons. The van der Waals surface area contributed by atoms with E-state index in [1.54, 1.807) is 32.2 Å². The summed E-state index contributed by atoms with van der Waals surface area (Å²) in [5.74, 6) is -0.132. The fourth-order valence-electron chi connectivity index (χ4n) is 2.09. The van der Waals surface area contributed by atoms with Crippen molar-refractivity contribution in [3.63, 3.8) is 0 Å². The zero-order valence-electron chi connectivity index (χ0n) is 10.7. The molecule has 1 amide bonds. The Morgan fingerprint density at radius 2 is 2.21 bits per heavy atom. The molecular weight excluding hydrogens is 332 g/mol. The van der Waals surface area contributed by atoms with Crippen LogP contribution < -0.4 is 10.2 Å². The normalized spacial score (nSPS) is 21.0. The minimum atomic E-state index is -3.37. The SMILES string of the molecule is CNCC(=O)N1CC(C)S(=O)(=O)c2cc(Br)ccc21. The summed E-state index contributed by atoms with van der Waals surface area (Å²) in [6.45, 7) is 2.00. The Labute approximate surface area is 121 Å². The minimum Gasteiger partial charge on any atom is -0.311 e. The van der Waals surface area contributed by atoms with E-state index in [0.717, 1.165) is 0 Å². The lowest BCUT2D eigenvalue weighted by atomic mass is 10.2. The van der Waals surface area contributed by atoms with Crippen molar-refractivity contribution in [2.24, 2.45) is 0 Å². The van der Waals surface area contributed by atoms with E-state index >= 15 is 0 Å². The molecule has 0 spiro atoms. The van der Waals surface area contributed by atoms with Crippen molar-refractivity contribution < 1.29 is 13.2 Å². The van der Waals surface area contributed by atoms with Crippen molar-refractivity contribution in [3.8, 4) is 0 Å². The van der Waals surface area contributed by atoms with Crippen LogP contribution >= 0.6 is 15.9 Å². The van der Waals surface area contributed by atoms with Crippen LogP contribution in [0.25, 0.3) is 0 Å². The van der Waals surface area contributed by atoms with Crippen LogP contribution in [0.15, 0.2) is 27.6 Å². The highest BCUT2D eigenvalue weighted by Gasteiger charge is 2.36. The summed E-state index contributed by atoms with van der Waals surface area (Å²) in [4.78, 5) is 13.8. The van der Waals surface area contributed by atoms with E-state index in [2.05, 4.69) is 21.2 Å². The van der Waals surface area contributed by atoms with Crippen molar-refractivity contribution in [3.05, 3.63) is 22.7 Å². The van der Waals surface area contributed by atoms with Gasteiger partial charge in [0, 0.05) is 11.0 Å². The molecular formula is C12H15BrN2O3S. The van der Waals surface area contributed by atoms with Gasteiger partial charge in [-0.25, -0.2) is 8.42 Å². The Balaban J connectivity index is 2.57. The van der Waals surface area contributed by atoms with E-state index in [9.17, 15) is 13.2 Å². The molecule has 1 N–H and O–H groups in total. The first kappa shape index (κ1) is 14.5. The average Bonchev–Trinajstić information content (AvgIpc) is 2.34. The highest BCUT2D eigenvalue weighted by molar-refractivity contribution is 9.10. The number of carbonyl (C=O) groups is 1. The summed E-state index contributed by atoms with van der Waals surface area (Å²) in [6.07, 6.45) is 0. The number of nitrogens with zero attached hydrogens (tertiary/aromatic N) is 1. The van der Waals surface area contributed by atoms with Gasteiger partial charge in [-0.3, -0.25) is 4.79 Å². The molecule has 0 aliphatic carbocycles. The Hall–Kier alpha value is -0.920. The number of fused-ring (bicyclic) bond motifs is 1. The number of hydrogen-bond donors (Lipinski definition) is 1. The summed E-state index contributed by atoms with van der Waals surface area (Å²) in [7, 11) is -1.68. The topological polar surface area (TPSA) is 66.5 Å². The van der Waals surface area contributed by atoms with E-state index in [4.69, 9.17) is 0 Å². The Bertz CT molecular complexity index is 615. The number of nitrogens with one attached hydrogen (secondary N) is 1. The molecule has 0 fully saturated rings. The zero-order chi connectivity index (χ0) is 14.2. The molecule has 1 heterocycles. The van der Waals surface area contributed by atoms with Crippen LogP contribution in [0, 0.1) is 0 Å². The van der Waals surface area contributed by atoms with Crippen LogP contribution in [0.2, 0.25) is 0 Å². The van der Waals surface area contributed by atoms with E-state index in [0.29, 0.717) is 10.2 Å². The molecule has 1 atom stereocenters.